The van der Waals surface area contributed by atoms with Crippen molar-refractivity contribution in [2.24, 2.45) is 5.92 Å². The molecule has 0 aliphatic heterocycles. The molecule has 1 fully saturated rings. The summed E-state index contributed by atoms with van der Waals surface area (Å²) in [7, 11) is 0. The van der Waals surface area contributed by atoms with Crippen LogP contribution >= 0.6 is 0 Å². The molecule has 0 saturated heterocycles. The van der Waals surface area contributed by atoms with Gasteiger partial charge in [0.15, 0.2) is 0 Å². The van der Waals surface area contributed by atoms with E-state index in [0.717, 1.165) is 18.5 Å². The van der Waals surface area contributed by atoms with Gasteiger partial charge in [0.2, 0.25) is 0 Å². The number of nitrogens with one attached hydrogen (secondary N) is 1. The predicted octanol–water partition coefficient (Wildman–Crippen LogP) is 2.27. The smallest absolute Gasteiger partial charge is 0.142 e. The lowest BCUT2D eigenvalue weighted by Crippen LogP contribution is -2.36. The van der Waals surface area contributed by atoms with Gasteiger partial charge in [-0.25, -0.2) is 4.98 Å². The van der Waals surface area contributed by atoms with Gasteiger partial charge >= 0.3 is 0 Å². The second kappa shape index (κ2) is 5.90. The van der Waals surface area contributed by atoms with E-state index < -0.39 is 0 Å². The Balaban J connectivity index is 1.84. The van der Waals surface area contributed by atoms with Gasteiger partial charge < -0.3 is 10.4 Å². The van der Waals surface area contributed by atoms with Crippen LogP contribution in [0.4, 0.5) is 5.82 Å². The van der Waals surface area contributed by atoms with Crippen LogP contribution in [-0.2, 0) is 0 Å². The van der Waals surface area contributed by atoms with Crippen LogP contribution < -0.4 is 5.32 Å². The maximum atomic E-state index is 9.56. The highest BCUT2D eigenvalue weighted by Gasteiger charge is 2.35. The molecule has 2 heterocycles. The summed E-state index contributed by atoms with van der Waals surface area (Å²) in [6.45, 7) is 0. The first-order valence-corrected chi connectivity index (χ1v) is 6.99. The molecule has 0 bridgehead atoms. The fourth-order valence-corrected chi connectivity index (χ4v) is 2.63. The SMILES string of the molecule is N#Cc1cccc(NC(c2ccccn2)C2CC(O)C2)n1. The monoisotopic (exact) mass is 280 g/mol. The summed E-state index contributed by atoms with van der Waals surface area (Å²) in [5, 5.41) is 21.8. The quantitative estimate of drug-likeness (QED) is 0.897. The molecule has 0 spiro atoms. The van der Waals surface area contributed by atoms with Crippen molar-refractivity contribution in [3.63, 3.8) is 0 Å². The standard InChI is InChI=1S/C16H16N4O/c17-10-12-4-3-6-15(19-12)20-16(11-8-13(21)9-11)14-5-1-2-7-18-14/h1-7,11,13,16,21H,8-9H2,(H,19,20). The Morgan fingerprint density at radius 2 is 2.10 bits per heavy atom. The molecule has 2 aromatic rings. The van der Waals surface area contributed by atoms with Crippen LogP contribution in [0.3, 0.4) is 0 Å². The zero-order valence-electron chi connectivity index (χ0n) is 11.5. The van der Waals surface area contributed by atoms with Gasteiger partial charge in [-0.05, 0) is 43.0 Å². The summed E-state index contributed by atoms with van der Waals surface area (Å²) < 4.78 is 0. The van der Waals surface area contributed by atoms with Gasteiger partial charge in [0.05, 0.1) is 17.8 Å². The topological polar surface area (TPSA) is 81.8 Å². The largest absolute Gasteiger partial charge is 0.393 e. The molecule has 0 radical (unpaired) electrons. The third kappa shape index (κ3) is 3.01. The average molecular weight is 280 g/mol. The van der Waals surface area contributed by atoms with E-state index in [-0.39, 0.29) is 12.1 Å². The zero-order valence-corrected chi connectivity index (χ0v) is 11.5. The Morgan fingerprint density at radius 3 is 2.76 bits per heavy atom. The third-order valence-corrected chi connectivity index (χ3v) is 3.79. The van der Waals surface area contributed by atoms with E-state index in [1.165, 1.54) is 0 Å². The van der Waals surface area contributed by atoms with E-state index in [0.29, 0.717) is 17.4 Å². The van der Waals surface area contributed by atoms with Gasteiger partial charge in [0.25, 0.3) is 0 Å². The summed E-state index contributed by atoms with van der Waals surface area (Å²) in [6, 6.07) is 13.2. The fourth-order valence-electron chi connectivity index (χ4n) is 2.63. The van der Waals surface area contributed by atoms with Crippen LogP contribution in [0.15, 0.2) is 42.6 Å². The lowest BCUT2D eigenvalue weighted by Gasteiger charge is -2.38. The van der Waals surface area contributed by atoms with Crippen LogP contribution in [0.2, 0.25) is 0 Å². The van der Waals surface area contributed by atoms with E-state index >= 15 is 0 Å². The average Bonchev–Trinajstić information content (AvgIpc) is 2.51. The number of rotatable bonds is 4. The molecule has 5 heteroatoms. The molecular weight excluding hydrogens is 264 g/mol. The Labute approximate surface area is 123 Å². The molecule has 106 valence electrons. The molecule has 2 aromatic heterocycles. The number of nitriles is 1. The van der Waals surface area contributed by atoms with Crippen molar-refractivity contribution in [3.8, 4) is 6.07 Å². The molecular formula is C16H16N4O. The first-order valence-electron chi connectivity index (χ1n) is 6.99. The Kier molecular flexibility index (Phi) is 3.80. The number of pyridine rings is 2. The van der Waals surface area contributed by atoms with E-state index in [4.69, 9.17) is 5.26 Å². The molecule has 2 N–H and O–H groups in total. The minimum atomic E-state index is -0.221. The van der Waals surface area contributed by atoms with E-state index in [1.54, 1.807) is 18.3 Å². The van der Waals surface area contributed by atoms with Gasteiger partial charge in [0.1, 0.15) is 17.6 Å². The van der Waals surface area contributed by atoms with Crippen molar-refractivity contribution in [1.29, 1.82) is 5.26 Å². The predicted molar refractivity (Wildman–Crippen MR) is 78.3 cm³/mol. The zero-order chi connectivity index (χ0) is 14.7. The van der Waals surface area contributed by atoms with Gasteiger partial charge in [0, 0.05) is 6.20 Å². The Morgan fingerprint density at radius 1 is 1.24 bits per heavy atom. The van der Waals surface area contributed by atoms with E-state index in [1.807, 2.05) is 30.3 Å². The van der Waals surface area contributed by atoms with Crippen LogP contribution in [-0.4, -0.2) is 21.2 Å². The number of aromatic nitrogens is 2. The van der Waals surface area contributed by atoms with Gasteiger partial charge in [-0.15, -0.1) is 0 Å². The number of nitrogens with zero attached hydrogens (tertiary/aromatic N) is 3. The first kappa shape index (κ1) is 13.5. The van der Waals surface area contributed by atoms with Crippen molar-refractivity contribution in [2.45, 2.75) is 25.0 Å². The highest BCUT2D eigenvalue weighted by atomic mass is 16.3. The van der Waals surface area contributed by atoms with Crippen molar-refractivity contribution < 1.29 is 5.11 Å². The van der Waals surface area contributed by atoms with Crippen molar-refractivity contribution in [3.05, 3.63) is 54.0 Å². The summed E-state index contributed by atoms with van der Waals surface area (Å²) in [5.41, 5.74) is 1.31. The van der Waals surface area contributed by atoms with E-state index in [2.05, 4.69) is 15.3 Å². The molecule has 1 unspecified atom stereocenters. The summed E-state index contributed by atoms with van der Waals surface area (Å²) in [5.74, 6) is 0.980. The molecule has 5 nitrogen and oxygen atoms in total. The molecule has 3 rings (SSSR count). The number of hydrogen-bond acceptors (Lipinski definition) is 5. The third-order valence-electron chi connectivity index (χ3n) is 3.79. The maximum Gasteiger partial charge on any atom is 0.142 e. The lowest BCUT2D eigenvalue weighted by atomic mass is 9.76. The highest BCUT2D eigenvalue weighted by molar-refractivity contribution is 5.41. The van der Waals surface area contributed by atoms with Crippen molar-refractivity contribution in [1.82, 2.24) is 9.97 Å². The molecule has 1 atom stereocenters. The first-order chi connectivity index (χ1) is 10.3. The maximum absolute atomic E-state index is 9.56. The van der Waals surface area contributed by atoms with Crippen LogP contribution in [0, 0.1) is 17.2 Å². The van der Waals surface area contributed by atoms with Crippen molar-refractivity contribution >= 4 is 5.82 Å². The normalized spacial score (nSPS) is 21.9. The molecule has 1 aliphatic carbocycles. The number of aliphatic hydroxyl groups is 1. The molecule has 21 heavy (non-hydrogen) atoms. The molecule has 1 aliphatic rings. The highest BCUT2D eigenvalue weighted by Crippen LogP contribution is 2.39. The lowest BCUT2D eigenvalue weighted by molar-refractivity contribution is 0.0334. The molecule has 0 amide bonds. The molecule has 0 aromatic carbocycles. The van der Waals surface area contributed by atoms with Gasteiger partial charge in [-0.1, -0.05) is 12.1 Å². The summed E-state index contributed by atoms with van der Waals surface area (Å²) in [4.78, 5) is 8.66. The van der Waals surface area contributed by atoms with Crippen LogP contribution in [0.25, 0.3) is 0 Å². The van der Waals surface area contributed by atoms with Crippen LogP contribution in [0.1, 0.15) is 30.3 Å². The number of aliphatic hydroxyl groups excluding tert-OH is 1. The Bertz CT molecular complexity index is 647. The summed E-state index contributed by atoms with van der Waals surface area (Å²) in [6.07, 6.45) is 3.05. The fraction of sp³-hybridized carbons (Fsp3) is 0.312. The second-order valence-electron chi connectivity index (χ2n) is 5.28. The van der Waals surface area contributed by atoms with E-state index in [9.17, 15) is 5.11 Å². The van der Waals surface area contributed by atoms with Crippen molar-refractivity contribution in [2.75, 3.05) is 5.32 Å². The second-order valence-corrected chi connectivity index (χ2v) is 5.28. The number of anilines is 1. The minimum Gasteiger partial charge on any atom is -0.393 e. The summed E-state index contributed by atoms with van der Waals surface area (Å²) >= 11 is 0. The van der Waals surface area contributed by atoms with Crippen LogP contribution in [0.5, 0.6) is 0 Å². The van der Waals surface area contributed by atoms with Gasteiger partial charge in [-0.2, -0.15) is 5.26 Å². The number of hydrogen-bond donors (Lipinski definition) is 2. The molecule has 1 saturated carbocycles. The minimum absolute atomic E-state index is 0.00366. The Hall–Kier alpha value is -2.45. The van der Waals surface area contributed by atoms with Gasteiger partial charge in [-0.3, -0.25) is 4.98 Å².